The first kappa shape index (κ1) is 39.2. The van der Waals surface area contributed by atoms with Gasteiger partial charge in [-0.05, 0) is 29.9 Å². The molecule has 4 N–H and O–H groups in total. The fourth-order valence-electron chi connectivity index (χ4n) is 7.64. The van der Waals surface area contributed by atoms with E-state index in [1.807, 2.05) is 80.6 Å². The third-order valence-corrected chi connectivity index (χ3v) is 11.8. The molecule has 0 spiro atoms. The molecule has 2 aliphatic rings. The first-order valence-electron chi connectivity index (χ1n) is 19.4. The van der Waals surface area contributed by atoms with E-state index < -0.39 is 30.3 Å². The highest BCUT2D eigenvalue weighted by Crippen LogP contribution is 2.40. The third kappa shape index (κ3) is 7.95. The number of nitrogens with one attached hydrogen (secondary N) is 4. The summed E-state index contributed by atoms with van der Waals surface area (Å²) in [5.41, 5.74) is 4.85. The Morgan fingerprint density at radius 3 is 2.27 bits per heavy atom. The van der Waals surface area contributed by atoms with Gasteiger partial charge in [-0.25, -0.2) is 19.6 Å². The number of hydrogen-bond acceptors (Lipinski definition) is 10. The van der Waals surface area contributed by atoms with Gasteiger partial charge in [-0.1, -0.05) is 80.6 Å². The second kappa shape index (κ2) is 16.7. The number of aromatic nitrogens is 4. The maximum atomic E-state index is 13.9. The lowest BCUT2D eigenvalue weighted by Gasteiger charge is -2.30. The van der Waals surface area contributed by atoms with Crippen molar-refractivity contribution in [3.8, 4) is 33.2 Å². The van der Waals surface area contributed by atoms with Gasteiger partial charge >= 0.3 is 12.2 Å². The van der Waals surface area contributed by atoms with Gasteiger partial charge < -0.3 is 44.3 Å². The number of H-pyrrole nitrogens is 2. The Balaban J connectivity index is 0.937. The van der Waals surface area contributed by atoms with Crippen molar-refractivity contribution in [3.05, 3.63) is 108 Å². The summed E-state index contributed by atoms with van der Waals surface area (Å²) in [5.74, 6) is 1.49. The maximum Gasteiger partial charge on any atom is 0.407 e. The van der Waals surface area contributed by atoms with E-state index >= 15 is 0 Å². The molecule has 6 heterocycles. The van der Waals surface area contributed by atoms with E-state index in [0.717, 1.165) is 56.3 Å². The van der Waals surface area contributed by atoms with Crippen LogP contribution in [0.2, 0.25) is 0 Å². The molecule has 2 aliphatic heterocycles. The van der Waals surface area contributed by atoms with Gasteiger partial charge in [0.1, 0.15) is 41.1 Å². The smallest absolute Gasteiger partial charge is 0.407 e. The van der Waals surface area contributed by atoms with Crippen molar-refractivity contribution in [2.75, 3.05) is 27.3 Å². The number of carbonyl (C=O) groups excluding carboxylic acids is 4. The highest BCUT2D eigenvalue weighted by molar-refractivity contribution is 7.22. The van der Waals surface area contributed by atoms with Crippen LogP contribution in [0.4, 0.5) is 9.59 Å². The highest BCUT2D eigenvalue weighted by atomic mass is 32.1. The molecule has 1 fully saturated rings. The number of alkyl carbamates (subject to hydrolysis) is 2. The fourth-order valence-corrected chi connectivity index (χ4v) is 8.63. The van der Waals surface area contributed by atoms with E-state index in [9.17, 15) is 19.2 Å². The minimum absolute atomic E-state index is 0.116. The molecule has 1 saturated heterocycles. The van der Waals surface area contributed by atoms with Gasteiger partial charge in [-0.2, -0.15) is 0 Å². The molecular formula is C43H44N8O7S. The van der Waals surface area contributed by atoms with Crippen LogP contribution in [0, 0.1) is 5.92 Å². The average molecular weight is 817 g/mol. The summed E-state index contributed by atoms with van der Waals surface area (Å²) in [6, 6.07) is 18.8. The van der Waals surface area contributed by atoms with Gasteiger partial charge in [0.25, 0.3) is 5.91 Å². The van der Waals surface area contributed by atoms with E-state index in [0.29, 0.717) is 30.3 Å². The maximum absolute atomic E-state index is 13.9. The number of benzene rings is 2. The Labute approximate surface area is 343 Å². The summed E-state index contributed by atoms with van der Waals surface area (Å²) < 4.78 is 16.9. The van der Waals surface area contributed by atoms with Crippen molar-refractivity contribution in [1.82, 2.24) is 40.4 Å². The monoisotopic (exact) mass is 816 g/mol. The number of fused-ring (bicyclic) bond motifs is 1. The predicted molar refractivity (Wildman–Crippen MR) is 221 cm³/mol. The molecule has 4 aromatic heterocycles. The zero-order chi connectivity index (χ0) is 41.2. The van der Waals surface area contributed by atoms with E-state index in [-0.39, 0.29) is 23.8 Å². The molecule has 16 heteroatoms. The van der Waals surface area contributed by atoms with Crippen LogP contribution in [-0.4, -0.2) is 87.1 Å². The van der Waals surface area contributed by atoms with Crippen LogP contribution < -0.4 is 10.6 Å². The summed E-state index contributed by atoms with van der Waals surface area (Å²) in [6.07, 6.45) is 7.64. The Morgan fingerprint density at radius 2 is 1.54 bits per heavy atom. The quantitative estimate of drug-likeness (QED) is 0.0960. The van der Waals surface area contributed by atoms with Gasteiger partial charge in [0.15, 0.2) is 0 Å². The second-order valence-corrected chi connectivity index (χ2v) is 15.9. The first-order chi connectivity index (χ1) is 28.6. The summed E-state index contributed by atoms with van der Waals surface area (Å²) >= 11 is 1.59. The molecule has 6 aromatic rings. The van der Waals surface area contributed by atoms with Gasteiger partial charge in [-0.3, -0.25) is 9.59 Å². The Morgan fingerprint density at radius 1 is 0.847 bits per heavy atom. The van der Waals surface area contributed by atoms with E-state index in [1.165, 1.54) is 14.2 Å². The number of imidazole rings is 2. The van der Waals surface area contributed by atoms with E-state index in [2.05, 4.69) is 30.6 Å². The van der Waals surface area contributed by atoms with Crippen molar-refractivity contribution in [1.29, 1.82) is 0 Å². The molecule has 0 unspecified atom stereocenters. The van der Waals surface area contributed by atoms with Crippen LogP contribution in [0.5, 0.6) is 0 Å². The van der Waals surface area contributed by atoms with Crippen molar-refractivity contribution in [2.45, 2.75) is 50.9 Å². The van der Waals surface area contributed by atoms with Crippen LogP contribution in [0.1, 0.15) is 62.0 Å². The molecule has 59 heavy (non-hydrogen) atoms. The van der Waals surface area contributed by atoms with Gasteiger partial charge in [0.05, 0.1) is 53.6 Å². The molecule has 8 rings (SSSR count). The SMILES string of the molecule is COC(=O)N[C@H](C(=O)N1CCC[C@H]1c1ncc(-c2cc3oc(-c4ccc(-c5cnc([C@@H]6C=CCN6C(=O)[C@H](NC(=O)OC)c6ccccc6)[nH]5)cc4)cc3s2)[nH]1)C(C)C. The Kier molecular flexibility index (Phi) is 11.1. The lowest BCUT2D eigenvalue weighted by Crippen LogP contribution is -2.51. The molecule has 0 radical (unpaired) electrons. The molecule has 0 aliphatic carbocycles. The summed E-state index contributed by atoms with van der Waals surface area (Å²) in [6.45, 7) is 4.74. The van der Waals surface area contributed by atoms with Crippen molar-refractivity contribution >= 4 is 45.6 Å². The van der Waals surface area contributed by atoms with Crippen LogP contribution in [0.25, 0.3) is 43.4 Å². The molecule has 0 bridgehead atoms. The minimum atomic E-state index is -0.927. The third-order valence-electron chi connectivity index (χ3n) is 10.7. The number of rotatable bonds is 11. The summed E-state index contributed by atoms with van der Waals surface area (Å²) in [7, 11) is 2.55. The van der Waals surface area contributed by atoms with Crippen molar-refractivity contribution < 1.29 is 33.1 Å². The number of hydrogen-bond donors (Lipinski definition) is 4. The molecule has 304 valence electrons. The molecule has 0 saturated carbocycles. The van der Waals surface area contributed by atoms with Crippen LogP contribution in [0.15, 0.2) is 95.7 Å². The van der Waals surface area contributed by atoms with Crippen molar-refractivity contribution in [2.24, 2.45) is 5.92 Å². The van der Waals surface area contributed by atoms with E-state index in [1.54, 1.807) is 45.7 Å². The summed E-state index contributed by atoms with van der Waals surface area (Å²) in [4.78, 5) is 72.1. The van der Waals surface area contributed by atoms with Gasteiger partial charge in [0.2, 0.25) is 5.91 Å². The molecule has 4 atom stereocenters. The number of ether oxygens (including phenoxy) is 2. The predicted octanol–water partition coefficient (Wildman–Crippen LogP) is 7.52. The number of thiophene rings is 1. The topological polar surface area (TPSA) is 188 Å². The number of amides is 4. The summed E-state index contributed by atoms with van der Waals surface area (Å²) in [5, 5.41) is 5.37. The Bertz CT molecular complexity index is 2470. The lowest BCUT2D eigenvalue weighted by atomic mass is 10.0. The second-order valence-electron chi connectivity index (χ2n) is 14.8. The largest absolute Gasteiger partial charge is 0.455 e. The zero-order valence-corrected chi connectivity index (χ0v) is 33.7. The standard InChI is InChI=1S/C43H44N8O7S/c1-24(2)36(48-42(54)56-3)40(52)50-18-8-13-31(50)39-45-23-29(47-39)34-21-33-35(59-34)20-32(58-33)26-16-14-25(15-17-26)28-22-44-38(46-28)30-12-9-19-51(30)41(53)37(49-43(55)57-4)27-10-6-5-7-11-27/h5-7,9-12,14-17,20-24,30-31,36-37H,8,13,18-19H2,1-4H3,(H,44,46)(H,45,47)(H,48,54)(H,49,55)/t30-,31-,36-,37+/m0/s1. The zero-order valence-electron chi connectivity index (χ0n) is 32.9. The number of methoxy groups -OCH3 is 2. The molecule has 4 amide bonds. The Hall–Kier alpha value is -6.68. The van der Waals surface area contributed by atoms with Crippen LogP contribution in [-0.2, 0) is 19.1 Å². The normalized spacial score (nSPS) is 17.4. The molecule has 2 aromatic carbocycles. The first-order valence-corrected chi connectivity index (χ1v) is 20.2. The lowest BCUT2D eigenvalue weighted by molar-refractivity contribution is -0.135. The van der Waals surface area contributed by atoms with E-state index in [4.69, 9.17) is 13.9 Å². The van der Waals surface area contributed by atoms with Crippen LogP contribution >= 0.6 is 11.3 Å². The highest BCUT2D eigenvalue weighted by Gasteiger charge is 2.38. The number of furan rings is 1. The molecular weight excluding hydrogens is 773 g/mol. The van der Waals surface area contributed by atoms with Gasteiger partial charge in [-0.15, -0.1) is 11.3 Å². The number of aromatic amines is 2. The number of carbonyl (C=O) groups is 4. The van der Waals surface area contributed by atoms with Crippen molar-refractivity contribution in [3.63, 3.8) is 0 Å². The fraction of sp³-hybridized carbons (Fsp3) is 0.302. The number of nitrogens with zero attached hydrogens (tertiary/aromatic N) is 4. The van der Waals surface area contributed by atoms with Crippen LogP contribution in [0.3, 0.4) is 0 Å². The molecule has 15 nitrogen and oxygen atoms in total. The average Bonchev–Trinajstić information content (AvgIpc) is 4.10. The number of likely N-dealkylation sites (tertiary alicyclic amines) is 1. The minimum Gasteiger partial charge on any atom is -0.455 e. The van der Waals surface area contributed by atoms with Gasteiger partial charge in [0, 0.05) is 30.8 Å².